The van der Waals surface area contributed by atoms with E-state index in [1.165, 1.54) is 101 Å². The first kappa shape index (κ1) is 26.0. The van der Waals surface area contributed by atoms with E-state index in [0.29, 0.717) is 0 Å². The maximum absolute atomic E-state index is 2.34. The summed E-state index contributed by atoms with van der Waals surface area (Å²) in [5.74, 6) is 0.913. The summed E-state index contributed by atoms with van der Waals surface area (Å²) >= 11 is 0. The molecule has 0 aliphatic rings. The summed E-state index contributed by atoms with van der Waals surface area (Å²) in [7, 11) is 4.21. The van der Waals surface area contributed by atoms with Crippen molar-refractivity contribution in [3.8, 4) is 0 Å². The van der Waals surface area contributed by atoms with Crippen LogP contribution in [-0.2, 0) is 0 Å². The molecule has 0 saturated carbocycles. The van der Waals surface area contributed by atoms with Crippen molar-refractivity contribution in [1.29, 1.82) is 0 Å². The van der Waals surface area contributed by atoms with E-state index < -0.39 is 0 Å². The Balaban J connectivity index is 2.61. The zero-order chi connectivity index (χ0) is 20.3. The van der Waals surface area contributed by atoms with Gasteiger partial charge in [0.25, 0.3) is 0 Å². The molecule has 0 aliphatic heterocycles. The topological polar surface area (TPSA) is 0 Å². The molecule has 2 unspecified atom stereocenters. The van der Waals surface area contributed by atoms with E-state index in [4.69, 9.17) is 0 Å². The maximum atomic E-state index is 2.34. The fraction of sp³-hybridized carbons (Fsp3) is 0.769. The van der Waals surface area contributed by atoms with Crippen LogP contribution in [0.3, 0.4) is 0 Å². The lowest BCUT2D eigenvalue weighted by atomic mass is 9.89. The average molecular weight is 423 g/mol. The van der Waals surface area contributed by atoms with E-state index in [1.807, 2.05) is 10.8 Å². The lowest BCUT2D eigenvalue weighted by molar-refractivity contribution is 0.379. The highest BCUT2D eigenvalue weighted by Crippen LogP contribution is 2.42. The van der Waals surface area contributed by atoms with Crippen LogP contribution in [0.15, 0.2) is 35.2 Å². The van der Waals surface area contributed by atoms with E-state index in [9.17, 15) is 0 Å². The van der Waals surface area contributed by atoms with Gasteiger partial charge in [-0.1, -0.05) is 138 Å². The molecule has 0 bridgehead atoms. The summed E-state index contributed by atoms with van der Waals surface area (Å²) in [4.78, 5) is 1.42. The molecule has 1 rings (SSSR count). The van der Waals surface area contributed by atoms with Crippen molar-refractivity contribution in [2.45, 2.75) is 127 Å². The van der Waals surface area contributed by atoms with Gasteiger partial charge in [-0.15, -0.1) is 0 Å². The Morgan fingerprint density at radius 1 is 0.607 bits per heavy atom. The van der Waals surface area contributed by atoms with Crippen LogP contribution in [0.25, 0.3) is 0 Å². The van der Waals surface area contributed by atoms with Crippen LogP contribution < -0.4 is 0 Å². The van der Waals surface area contributed by atoms with Crippen molar-refractivity contribution in [3.05, 3.63) is 30.3 Å². The van der Waals surface area contributed by atoms with Crippen LogP contribution in [0.2, 0.25) is 0 Å². The van der Waals surface area contributed by atoms with Gasteiger partial charge in [-0.2, -0.15) is 0 Å². The SMILES string of the molecule is CCCCCCCC(CCCCC)C(CCCCCC)SSc1ccccc1. The molecule has 1 aromatic carbocycles. The second kappa shape index (κ2) is 18.9. The molecule has 0 spiro atoms. The van der Waals surface area contributed by atoms with Gasteiger partial charge >= 0.3 is 0 Å². The van der Waals surface area contributed by atoms with Gasteiger partial charge in [0.15, 0.2) is 0 Å². The summed E-state index contributed by atoms with van der Waals surface area (Å²) in [6, 6.07) is 11.0. The minimum absolute atomic E-state index is 0.824. The number of benzene rings is 1. The molecule has 1 aromatic rings. The zero-order valence-corrected chi connectivity index (χ0v) is 20.6. The molecule has 0 heterocycles. The lowest BCUT2D eigenvalue weighted by Crippen LogP contribution is -2.17. The zero-order valence-electron chi connectivity index (χ0n) is 19.0. The van der Waals surface area contributed by atoms with Gasteiger partial charge < -0.3 is 0 Å². The third kappa shape index (κ3) is 13.2. The smallest absolute Gasteiger partial charge is 0.0183 e. The van der Waals surface area contributed by atoms with E-state index in [1.54, 1.807) is 0 Å². The second-order valence-corrected chi connectivity index (χ2v) is 10.9. The molecule has 0 nitrogen and oxygen atoms in total. The fourth-order valence-corrected chi connectivity index (χ4v) is 6.90. The van der Waals surface area contributed by atoms with Gasteiger partial charge in [-0.25, -0.2) is 0 Å². The molecule has 0 N–H and O–H groups in total. The molecule has 28 heavy (non-hydrogen) atoms. The molecule has 0 aliphatic carbocycles. The first-order valence-electron chi connectivity index (χ1n) is 12.2. The minimum atomic E-state index is 0.824. The summed E-state index contributed by atoms with van der Waals surface area (Å²) in [6.45, 7) is 6.97. The monoisotopic (exact) mass is 422 g/mol. The van der Waals surface area contributed by atoms with Gasteiger partial charge in [0.1, 0.15) is 0 Å². The van der Waals surface area contributed by atoms with E-state index >= 15 is 0 Å². The Kier molecular flexibility index (Phi) is 17.5. The van der Waals surface area contributed by atoms with Gasteiger partial charge in [0.05, 0.1) is 0 Å². The number of hydrogen-bond donors (Lipinski definition) is 0. The van der Waals surface area contributed by atoms with Crippen LogP contribution in [0, 0.1) is 5.92 Å². The lowest BCUT2D eigenvalue weighted by Gasteiger charge is -2.27. The van der Waals surface area contributed by atoms with E-state index in [2.05, 4.69) is 61.9 Å². The van der Waals surface area contributed by atoms with Crippen molar-refractivity contribution < 1.29 is 0 Å². The molecule has 0 amide bonds. The molecule has 0 fully saturated rings. The summed E-state index contributed by atoms with van der Waals surface area (Å²) in [6.07, 6.45) is 21.2. The Bertz CT molecular complexity index is 431. The Labute approximate surface area is 184 Å². The maximum Gasteiger partial charge on any atom is 0.0183 e. The van der Waals surface area contributed by atoms with Crippen molar-refractivity contribution in [2.24, 2.45) is 5.92 Å². The van der Waals surface area contributed by atoms with Crippen LogP contribution in [0.4, 0.5) is 0 Å². The largest absolute Gasteiger partial charge is 0.0852 e. The van der Waals surface area contributed by atoms with Crippen LogP contribution in [0.1, 0.15) is 117 Å². The van der Waals surface area contributed by atoms with Gasteiger partial charge in [-0.05, 0) is 37.3 Å². The third-order valence-electron chi connectivity index (χ3n) is 5.74. The first-order chi connectivity index (χ1) is 13.8. The Morgan fingerprint density at radius 3 is 1.75 bits per heavy atom. The summed E-state index contributed by atoms with van der Waals surface area (Å²) in [5.41, 5.74) is 0. The molecule has 0 radical (unpaired) electrons. The van der Waals surface area contributed by atoms with E-state index in [-0.39, 0.29) is 0 Å². The van der Waals surface area contributed by atoms with Crippen molar-refractivity contribution in [1.82, 2.24) is 0 Å². The minimum Gasteiger partial charge on any atom is -0.0852 e. The van der Waals surface area contributed by atoms with Crippen LogP contribution in [-0.4, -0.2) is 5.25 Å². The fourth-order valence-electron chi connectivity index (χ4n) is 3.91. The molecule has 2 atom stereocenters. The number of hydrogen-bond acceptors (Lipinski definition) is 2. The average Bonchev–Trinajstić information content (AvgIpc) is 2.73. The predicted molar refractivity (Wildman–Crippen MR) is 133 cm³/mol. The highest BCUT2D eigenvalue weighted by molar-refractivity contribution is 8.76. The molecule has 0 aromatic heterocycles. The highest BCUT2D eigenvalue weighted by Gasteiger charge is 2.22. The third-order valence-corrected chi connectivity index (χ3v) is 8.77. The highest BCUT2D eigenvalue weighted by atomic mass is 33.1. The Morgan fingerprint density at radius 2 is 1.11 bits per heavy atom. The van der Waals surface area contributed by atoms with Crippen LogP contribution >= 0.6 is 21.6 Å². The van der Waals surface area contributed by atoms with Crippen molar-refractivity contribution in [3.63, 3.8) is 0 Å². The number of unbranched alkanes of at least 4 members (excludes halogenated alkanes) is 9. The second-order valence-electron chi connectivity index (χ2n) is 8.34. The molecule has 0 saturated heterocycles. The van der Waals surface area contributed by atoms with E-state index in [0.717, 1.165) is 11.2 Å². The van der Waals surface area contributed by atoms with Crippen LogP contribution in [0.5, 0.6) is 0 Å². The first-order valence-corrected chi connectivity index (χ1v) is 14.4. The normalized spacial score (nSPS) is 13.5. The standard InChI is InChI=1S/C26H46S2/c1-4-7-10-12-15-20-24(19-14-9-6-3)26(23-18-11-8-5-2)28-27-25-21-16-13-17-22-25/h13,16-17,21-22,24,26H,4-12,14-15,18-20,23H2,1-3H3. The summed E-state index contributed by atoms with van der Waals surface area (Å²) in [5, 5.41) is 0.824. The van der Waals surface area contributed by atoms with Gasteiger partial charge in [0.2, 0.25) is 0 Å². The van der Waals surface area contributed by atoms with Gasteiger partial charge in [0, 0.05) is 10.1 Å². The van der Waals surface area contributed by atoms with Crippen molar-refractivity contribution >= 4 is 21.6 Å². The molecular formula is C26H46S2. The van der Waals surface area contributed by atoms with Gasteiger partial charge in [-0.3, -0.25) is 0 Å². The summed E-state index contributed by atoms with van der Waals surface area (Å²) < 4.78 is 0. The molecular weight excluding hydrogens is 376 g/mol. The number of rotatable bonds is 19. The molecule has 162 valence electrons. The quantitative estimate of drug-likeness (QED) is 0.160. The predicted octanol–water partition coefficient (Wildman–Crippen LogP) is 10.3. The Hall–Kier alpha value is -0.0800. The molecule has 2 heteroatoms. The van der Waals surface area contributed by atoms with Crippen molar-refractivity contribution in [2.75, 3.05) is 0 Å².